The molecule has 0 saturated heterocycles. The zero-order valence-corrected chi connectivity index (χ0v) is 11.6. The van der Waals surface area contributed by atoms with Crippen LogP contribution in [0.15, 0.2) is 10.3 Å². The molecule has 0 spiro atoms. The monoisotopic (exact) mass is 279 g/mol. The fourth-order valence-electron chi connectivity index (χ4n) is 1.52. The smallest absolute Gasteiger partial charge is 0.206 e. The van der Waals surface area contributed by atoms with Crippen molar-refractivity contribution >= 4 is 33.0 Å². The molecule has 0 N–H and O–H groups in total. The molecule has 3 nitrogen and oxygen atoms in total. The normalized spacial score (nSPS) is 17.0. The van der Waals surface area contributed by atoms with Gasteiger partial charge >= 0.3 is 0 Å². The molecule has 2 rings (SSSR count). The molecular weight excluding hydrogens is 266 g/mol. The Morgan fingerprint density at radius 3 is 2.62 bits per heavy atom. The second-order valence-corrected chi connectivity index (χ2v) is 7.69. The van der Waals surface area contributed by atoms with Crippen LogP contribution >= 0.6 is 22.9 Å². The fraction of sp³-hybridized carbons (Fsp3) is 0.600. The second kappa shape index (κ2) is 4.29. The molecular formula is C10H14ClNO2S2. The van der Waals surface area contributed by atoms with Gasteiger partial charge in [-0.1, -0.05) is 0 Å². The Morgan fingerprint density at radius 2 is 2.19 bits per heavy atom. The summed E-state index contributed by atoms with van der Waals surface area (Å²) < 4.78 is 26.3. The van der Waals surface area contributed by atoms with Crippen LogP contribution in [-0.4, -0.2) is 25.8 Å². The molecule has 0 aromatic carbocycles. The molecule has 1 aliphatic rings. The summed E-state index contributed by atoms with van der Waals surface area (Å²) in [7, 11) is -1.64. The molecule has 0 atom stereocenters. The number of sulfonamides is 1. The number of hydrogen-bond donors (Lipinski definition) is 0. The lowest BCUT2D eigenvalue weighted by Gasteiger charge is -2.14. The maximum absolute atomic E-state index is 12.2. The van der Waals surface area contributed by atoms with Gasteiger partial charge in [-0.05, 0) is 31.4 Å². The lowest BCUT2D eigenvalue weighted by atomic mass is 10.3. The van der Waals surface area contributed by atoms with Gasteiger partial charge in [0.15, 0.2) is 0 Å². The van der Waals surface area contributed by atoms with Gasteiger partial charge in [0.05, 0.1) is 5.88 Å². The van der Waals surface area contributed by atoms with Crippen molar-refractivity contribution in [1.29, 1.82) is 0 Å². The van der Waals surface area contributed by atoms with E-state index >= 15 is 0 Å². The molecule has 0 amide bonds. The van der Waals surface area contributed by atoms with E-state index < -0.39 is 10.0 Å². The fourth-order valence-corrected chi connectivity index (χ4v) is 4.94. The van der Waals surface area contributed by atoms with E-state index in [2.05, 4.69) is 0 Å². The highest BCUT2D eigenvalue weighted by Crippen LogP contribution is 2.34. The highest BCUT2D eigenvalue weighted by Gasteiger charge is 2.35. The second-order valence-electron chi connectivity index (χ2n) is 4.06. The Balaban J connectivity index is 2.34. The number of rotatable bonds is 4. The molecule has 16 heavy (non-hydrogen) atoms. The van der Waals surface area contributed by atoms with Crippen molar-refractivity contribution in [2.24, 2.45) is 0 Å². The van der Waals surface area contributed by atoms with E-state index in [9.17, 15) is 8.42 Å². The molecule has 0 radical (unpaired) electrons. The summed E-state index contributed by atoms with van der Waals surface area (Å²) >= 11 is 7.03. The molecule has 1 aromatic rings. The third-order valence-electron chi connectivity index (χ3n) is 2.81. The zero-order valence-electron chi connectivity index (χ0n) is 9.23. The Labute approximate surface area is 105 Å². The number of nitrogens with zero attached hydrogens (tertiary/aromatic N) is 1. The molecule has 1 aliphatic carbocycles. The van der Waals surface area contributed by atoms with E-state index in [-0.39, 0.29) is 6.04 Å². The summed E-state index contributed by atoms with van der Waals surface area (Å²) in [6.07, 6.45) is 1.95. The first-order chi connectivity index (χ1) is 7.46. The van der Waals surface area contributed by atoms with Gasteiger partial charge in [-0.15, -0.1) is 22.9 Å². The molecule has 6 heteroatoms. The molecule has 90 valence electrons. The van der Waals surface area contributed by atoms with Gasteiger partial charge in [0.1, 0.15) is 4.21 Å². The standard InChI is InChI=1S/C10H14ClNO2S2/c1-7-5-10(15-9(7)6-11)16(13,14)12(2)8-3-4-8/h5,8H,3-4,6H2,1-2H3. The third kappa shape index (κ3) is 2.14. The van der Waals surface area contributed by atoms with Crippen LogP contribution < -0.4 is 0 Å². The van der Waals surface area contributed by atoms with Crippen LogP contribution in [0.1, 0.15) is 23.3 Å². The first-order valence-electron chi connectivity index (χ1n) is 5.10. The topological polar surface area (TPSA) is 37.4 Å². The zero-order chi connectivity index (χ0) is 11.9. The third-order valence-corrected chi connectivity index (χ3v) is 6.84. The summed E-state index contributed by atoms with van der Waals surface area (Å²) in [5.41, 5.74) is 0.961. The summed E-state index contributed by atoms with van der Waals surface area (Å²) in [6.45, 7) is 1.89. The molecule has 0 bridgehead atoms. The average Bonchev–Trinajstić information content (AvgIpc) is 3.00. The maximum Gasteiger partial charge on any atom is 0.252 e. The quantitative estimate of drug-likeness (QED) is 0.795. The highest BCUT2D eigenvalue weighted by molar-refractivity contribution is 7.91. The van der Waals surface area contributed by atoms with Crippen molar-refractivity contribution in [3.05, 3.63) is 16.5 Å². The van der Waals surface area contributed by atoms with Gasteiger partial charge in [0, 0.05) is 18.0 Å². The number of aryl methyl sites for hydroxylation is 1. The largest absolute Gasteiger partial charge is 0.252 e. The maximum atomic E-state index is 12.2. The van der Waals surface area contributed by atoms with Crippen molar-refractivity contribution in [3.63, 3.8) is 0 Å². The van der Waals surface area contributed by atoms with E-state index in [1.165, 1.54) is 15.6 Å². The van der Waals surface area contributed by atoms with Crippen LogP contribution in [0.5, 0.6) is 0 Å². The van der Waals surface area contributed by atoms with E-state index in [1.807, 2.05) is 6.92 Å². The lowest BCUT2D eigenvalue weighted by Crippen LogP contribution is -2.28. The molecule has 0 unspecified atom stereocenters. The Bertz CT molecular complexity index is 491. The van der Waals surface area contributed by atoms with Gasteiger partial charge in [-0.25, -0.2) is 8.42 Å². The van der Waals surface area contributed by atoms with Crippen molar-refractivity contribution in [2.45, 2.75) is 35.9 Å². The van der Waals surface area contributed by atoms with E-state index in [0.717, 1.165) is 23.3 Å². The number of alkyl halides is 1. The number of halogens is 1. The van der Waals surface area contributed by atoms with Gasteiger partial charge in [0.25, 0.3) is 10.0 Å². The lowest BCUT2D eigenvalue weighted by molar-refractivity contribution is 0.466. The first-order valence-corrected chi connectivity index (χ1v) is 7.89. The average molecular weight is 280 g/mol. The van der Waals surface area contributed by atoms with Gasteiger partial charge in [-0.3, -0.25) is 0 Å². The highest BCUT2D eigenvalue weighted by atomic mass is 35.5. The van der Waals surface area contributed by atoms with Crippen molar-refractivity contribution in [3.8, 4) is 0 Å². The minimum atomic E-state index is -3.29. The summed E-state index contributed by atoms with van der Waals surface area (Å²) in [6, 6.07) is 1.92. The number of thiophene rings is 1. The van der Waals surface area contributed by atoms with E-state index in [4.69, 9.17) is 11.6 Å². The SMILES string of the molecule is Cc1cc(S(=O)(=O)N(C)C2CC2)sc1CCl. The molecule has 1 heterocycles. The van der Waals surface area contributed by atoms with Crippen LogP contribution in [0.3, 0.4) is 0 Å². The number of hydrogen-bond acceptors (Lipinski definition) is 3. The summed E-state index contributed by atoms with van der Waals surface area (Å²) in [4.78, 5) is 0.935. The van der Waals surface area contributed by atoms with Crippen molar-refractivity contribution in [1.82, 2.24) is 4.31 Å². The predicted octanol–water partition coefficient (Wildman–Crippen LogP) is 2.58. The van der Waals surface area contributed by atoms with Crippen molar-refractivity contribution < 1.29 is 8.42 Å². The first kappa shape index (κ1) is 12.4. The van der Waals surface area contributed by atoms with Gasteiger partial charge in [0.2, 0.25) is 0 Å². The Hall–Kier alpha value is -0.100. The van der Waals surface area contributed by atoms with Gasteiger partial charge in [-0.2, -0.15) is 4.31 Å². The molecule has 0 aliphatic heterocycles. The summed E-state index contributed by atoms with van der Waals surface area (Å²) in [5.74, 6) is 0.374. The van der Waals surface area contributed by atoms with Crippen LogP contribution in [0, 0.1) is 6.92 Å². The molecule has 1 saturated carbocycles. The van der Waals surface area contributed by atoms with Crippen molar-refractivity contribution in [2.75, 3.05) is 7.05 Å². The minimum absolute atomic E-state index is 0.201. The van der Waals surface area contributed by atoms with Gasteiger partial charge < -0.3 is 0 Å². The van der Waals surface area contributed by atoms with Crippen LogP contribution in [-0.2, 0) is 15.9 Å². The van der Waals surface area contributed by atoms with Crippen LogP contribution in [0.25, 0.3) is 0 Å². The van der Waals surface area contributed by atoms with Crippen LogP contribution in [0.4, 0.5) is 0 Å². The Morgan fingerprint density at radius 1 is 1.56 bits per heavy atom. The van der Waals surface area contributed by atoms with E-state index in [1.54, 1.807) is 13.1 Å². The molecule has 1 fully saturated rings. The van der Waals surface area contributed by atoms with Crippen LogP contribution in [0.2, 0.25) is 0 Å². The predicted molar refractivity (Wildman–Crippen MR) is 66.6 cm³/mol. The summed E-state index contributed by atoms with van der Waals surface area (Å²) in [5, 5.41) is 0. The Kier molecular flexibility index (Phi) is 3.32. The van der Waals surface area contributed by atoms with E-state index in [0.29, 0.717) is 10.1 Å². The molecule has 1 aromatic heterocycles. The minimum Gasteiger partial charge on any atom is -0.206 e.